The summed E-state index contributed by atoms with van der Waals surface area (Å²) < 4.78 is 50.6. The van der Waals surface area contributed by atoms with Gasteiger partial charge in [0.25, 0.3) is 11.5 Å². The fraction of sp³-hybridized carbons (Fsp3) is 0.182. The van der Waals surface area contributed by atoms with E-state index in [4.69, 9.17) is 11.6 Å². The van der Waals surface area contributed by atoms with Crippen LogP contribution < -0.4 is 10.9 Å². The van der Waals surface area contributed by atoms with Gasteiger partial charge in [0.05, 0.1) is 11.9 Å². The summed E-state index contributed by atoms with van der Waals surface area (Å²) in [5, 5.41) is 2.17. The predicted octanol–water partition coefficient (Wildman–Crippen LogP) is 2.91. The van der Waals surface area contributed by atoms with E-state index in [1.807, 2.05) is 0 Å². The van der Waals surface area contributed by atoms with Gasteiger partial charge in [-0.2, -0.15) is 13.2 Å². The van der Waals surface area contributed by atoms with Crippen molar-refractivity contribution in [2.24, 2.45) is 0 Å². The van der Waals surface area contributed by atoms with Crippen LogP contribution >= 0.6 is 22.9 Å². The summed E-state index contributed by atoms with van der Waals surface area (Å²) in [7, 11) is 0. The summed E-state index contributed by atoms with van der Waals surface area (Å²) in [5.74, 6) is -2.15. The molecule has 0 bridgehead atoms. The molecule has 22 heavy (non-hydrogen) atoms. The molecule has 0 radical (unpaired) electrons. The fourth-order valence-corrected chi connectivity index (χ4v) is 2.36. The van der Waals surface area contributed by atoms with Crippen LogP contribution in [0.5, 0.6) is 0 Å². The van der Waals surface area contributed by atoms with Gasteiger partial charge >= 0.3 is 6.18 Å². The van der Waals surface area contributed by atoms with E-state index in [0.29, 0.717) is 12.3 Å². The molecule has 118 valence electrons. The number of pyridine rings is 1. The summed E-state index contributed by atoms with van der Waals surface area (Å²) >= 11 is 6.38. The first-order valence-electron chi connectivity index (χ1n) is 5.55. The maximum atomic E-state index is 13.4. The van der Waals surface area contributed by atoms with E-state index in [9.17, 15) is 27.2 Å². The molecular weight excluding hydrogens is 350 g/mol. The number of nitrogens with zero attached hydrogens (tertiary/aromatic N) is 2. The van der Waals surface area contributed by atoms with Gasteiger partial charge < -0.3 is 9.88 Å². The number of hydrogen-bond acceptors (Lipinski definition) is 4. The highest BCUT2D eigenvalue weighted by Gasteiger charge is 2.29. The largest absolute Gasteiger partial charge is 0.406 e. The van der Waals surface area contributed by atoms with Gasteiger partial charge in [0, 0.05) is 12.3 Å². The number of thiazole rings is 1. The minimum absolute atomic E-state index is 0.0824. The summed E-state index contributed by atoms with van der Waals surface area (Å²) in [6.45, 7) is -1.67. The Morgan fingerprint density at radius 1 is 1.45 bits per heavy atom. The van der Waals surface area contributed by atoms with Crippen LogP contribution in [0.4, 0.5) is 23.2 Å². The molecule has 1 amide bonds. The van der Waals surface area contributed by atoms with Crippen molar-refractivity contribution >= 4 is 34.5 Å². The van der Waals surface area contributed by atoms with Gasteiger partial charge in [-0.15, -0.1) is 0 Å². The van der Waals surface area contributed by atoms with Gasteiger partial charge in [-0.05, 0) is 0 Å². The van der Waals surface area contributed by atoms with Crippen LogP contribution in [-0.2, 0) is 6.54 Å². The third kappa shape index (κ3) is 4.04. The molecule has 0 aliphatic rings. The van der Waals surface area contributed by atoms with Crippen LogP contribution in [0.3, 0.4) is 0 Å². The van der Waals surface area contributed by atoms with Gasteiger partial charge in [-0.3, -0.25) is 9.59 Å². The highest BCUT2D eigenvalue weighted by Crippen LogP contribution is 2.20. The molecule has 0 spiro atoms. The zero-order chi connectivity index (χ0) is 16.5. The van der Waals surface area contributed by atoms with Gasteiger partial charge in [-0.25, -0.2) is 9.37 Å². The minimum Gasteiger partial charge on any atom is -0.320 e. The van der Waals surface area contributed by atoms with Crippen LogP contribution in [0.2, 0.25) is 4.47 Å². The molecule has 0 saturated carbocycles. The monoisotopic (exact) mass is 355 g/mol. The van der Waals surface area contributed by atoms with Crippen molar-refractivity contribution in [1.82, 2.24) is 9.55 Å². The SMILES string of the molecule is O=C(Nc1cc(F)c(=O)n(CC(F)(F)F)c1)c1cnc(Cl)s1. The number of halogens is 5. The molecule has 0 aliphatic heterocycles. The lowest BCUT2D eigenvalue weighted by Crippen LogP contribution is -2.30. The van der Waals surface area contributed by atoms with E-state index < -0.39 is 30.0 Å². The van der Waals surface area contributed by atoms with Crippen molar-refractivity contribution in [2.75, 3.05) is 5.32 Å². The Bertz CT molecular complexity index is 771. The molecule has 2 heterocycles. The lowest BCUT2D eigenvalue weighted by atomic mass is 10.3. The number of anilines is 1. The molecule has 0 saturated heterocycles. The maximum absolute atomic E-state index is 13.4. The maximum Gasteiger partial charge on any atom is 0.406 e. The summed E-state index contributed by atoms with van der Waals surface area (Å²) in [6.07, 6.45) is -2.84. The second-order valence-electron chi connectivity index (χ2n) is 4.06. The molecule has 2 rings (SSSR count). The molecule has 11 heteroatoms. The smallest absolute Gasteiger partial charge is 0.320 e. The summed E-state index contributed by atoms with van der Waals surface area (Å²) in [4.78, 5) is 26.8. The lowest BCUT2D eigenvalue weighted by molar-refractivity contribution is -0.141. The highest BCUT2D eigenvalue weighted by atomic mass is 35.5. The number of hydrogen-bond donors (Lipinski definition) is 1. The Morgan fingerprint density at radius 2 is 2.14 bits per heavy atom. The summed E-state index contributed by atoms with van der Waals surface area (Å²) in [5.41, 5.74) is -1.73. The number of carbonyl (C=O) groups excluding carboxylic acids is 1. The average molecular weight is 356 g/mol. The molecule has 2 aromatic rings. The molecule has 0 unspecified atom stereocenters. The van der Waals surface area contributed by atoms with Crippen LogP contribution in [-0.4, -0.2) is 21.6 Å². The van der Waals surface area contributed by atoms with Gasteiger partial charge in [0.2, 0.25) is 0 Å². The van der Waals surface area contributed by atoms with Crippen LogP contribution in [0.15, 0.2) is 23.3 Å². The third-order valence-corrected chi connectivity index (χ3v) is 3.46. The molecule has 2 aromatic heterocycles. The topological polar surface area (TPSA) is 64.0 Å². The van der Waals surface area contributed by atoms with Crippen molar-refractivity contribution < 1.29 is 22.4 Å². The molecule has 0 atom stereocenters. The predicted molar refractivity (Wildman–Crippen MR) is 71.8 cm³/mol. The Kier molecular flexibility index (Phi) is 4.52. The Morgan fingerprint density at radius 3 is 2.68 bits per heavy atom. The first kappa shape index (κ1) is 16.4. The number of rotatable bonds is 3. The van der Waals surface area contributed by atoms with Gasteiger partial charge in [0.1, 0.15) is 11.4 Å². The highest BCUT2D eigenvalue weighted by molar-refractivity contribution is 7.17. The van der Waals surface area contributed by atoms with E-state index in [1.54, 1.807) is 0 Å². The Hall–Kier alpha value is -1.94. The fourth-order valence-electron chi connectivity index (χ4n) is 1.53. The quantitative estimate of drug-likeness (QED) is 0.861. The van der Waals surface area contributed by atoms with E-state index in [0.717, 1.165) is 17.5 Å². The van der Waals surface area contributed by atoms with Crippen molar-refractivity contribution in [3.05, 3.63) is 44.0 Å². The standard InChI is InChI=1S/C11H6ClF4N3O2S/c12-10-17-2-7(22-10)8(20)18-5-1-6(13)9(21)19(3-5)4-11(14,15)16/h1-3H,4H2,(H,18,20). The third-order valence-electron chi connectivity index (χ3n) is 2.35. The first-order valence-corrected chi connectivity index (χ1v) is 6.74. The molecule has 1 N–H and O–H groups in total. The molecular formula is C11H6ClF4N3O2S. The molecule has 5 nitrogen and oxygen atoms in total. The second-order valence-corrected chi connectivity index (χ2v) is 5.67. The second kappa shape index (κ2) is 6.05. The van der Waals surface area contributed by atoms with E-state index in [2.05, 4.69) is 10.3 Å². The van der Waals surface area contributed by atoms with Crippen molar-refractivity contribution in [1.29, 1.82) is 0 Å². The normalized spacial score (nSPS) is 11.5. The van der Waals surface area contributed by atoms with Crippen LogP contribution in [0.1, 0.15) is 9.67 Å². The van der Waals surface area contributed by atoms with Crippen molar-refractivity contribution in [3.63, 3.8) is 0 Å². The number of amides is 1. The minimum atomic E-state index is -4.70. The number of carbonyl (C=O) groups is 1. The summed E-state index contributed by atoms with van der Waals surface area (Å²) in [6, 6.07) is 0.635. The zero-order valence-corrected chi connectivity index (χ0v) is 12.0. The average Bonchev–Trinajstić information content (AvgIpc) is 2.80. The van der Waals surface area contributed by atoms with Crippen molar-refractivity contribution in [2.45, 2.75) is 12.7 Å². The van der Waals surface area contributed by atoms with E-state index in [-0.39, 0.29) is 19.6 Å². The molecule has 0 aromatic carbocycles. The van der Waals surface area contributed by atoms with Crippen LogP contribution in [0.25, 0.3) is 0 Å². The van der Waals surface area contributed by atoms with E-state index in [1.165, 1.54) is 0 Å². The van der Waals surface area contributed by atoms with E-state index >= 15 is 0 Å². The van der Waals surface area contributed by atoms with Gasteiger partial charge in [-0.1, -0.05) is 22.9 Å². The van der Waals surface area contributed by atoms with Gasteiger partial charge in [0.15, 0.2) is 10.3 Å². The molecule has 0 aliphatic carbocycles. The lowest BCUT2D eigenvalue weighted by Gasteiger charge is -2.11. The first-order chi connectivity index (χ1) is 10.2. The number of aromatic nitrogens is 2. The number of nitrogens with one attached hydrogen (secondary N) is 1. The Labute approximate surface area is 129 Å². The number of alkyl halides is 3. The van der Waals surface area contributed by atoms with Crippen LogP contribution in [0, 0.1) is 5.82 Å². The van der Waals surface area contributed by atoms with Crippen molar-refractivity contribution in [3.8, 4) is 0 Å². The molecule has 0 fully saturated rings. The zero-order valence-electron chi connectivity index (χ0n) is 10.4. The Balaban J connectivity index is 2.28.